The van der Waals surface area contributed by atoms with E-state index in [1.165, 1.54) is 48.5 Å². The van der Waals surface area contributed by atoms with Gasteiger partial charge in [0.1, 0.15) is 0 Å². The Bertz CT molecular complexity index is 616. The maximum atomic E-state index is 11.8. The minimum atomic E-state index is -2.21. The van der Waals surface area contributed by atoms with Crippen LogP contribution < -0.4 is 0 Å². The predicted molar refractivity (Wildman–Crippen MR) is 79.0 cm³/mol. The maximum Gasteiger partial charge on any atom is 0.330 e. The average molecular weight is 325 g/mol. The first-order chi connectivity index (χ1) is 9.88. The molecule has 0 aromatic heterocycles. The van der Waals surface area contributed by atoms with Crippen LogP contribution in [0.1, 0.15) is 11.1 Å². The Morgan fingerprint density at radius 2 is 1.00 bits per heavy atom. The fourth-order valence-corrected chi connectivity index (χ4v) is 2.40. The van der Waals surface area contributed by atoms with Crippen LogP contribution in [0, 0.1) is 0 Å². The summed E-state index contributed by atoms with van der Waals surface area (Å²) in [6, 6.07) is 11.4. The second kappa shape index (κ2) is 5.76. The van der Waals surface area contributed by atoms with Crippen LogP contribution in [0.25, 0.3) is 0 Å². The molecule has 2 aromatic carbocycles. The van der Waals surface area contributed by atoms with E-state index in [2.05, 4.69) is 0 Å². The van der Waals surface area contributed by atoms with Gasteiger partial charge in [-0.25, -0.2) is 0 Å². The summed E-state index contributed by atoms with van der Waals surface area (Å²) in [7, 11) is 0. The lowest BCUT2D eigenvalue weighted by Gasteiger charge is -2.26. The highest BCUT2D eigenvalue weighted by atomic mass is 35.5. The second-order valence-corrected chi connectivity index (χ2v) is 5.25. The zero-order valence-electron chi connectivity index (χ0n) is 10.6. The number of carbonyl (C=O) groups is 2. The van der Waals surface area contributed by atoms with Gasteiger partial charge in [-0.3, -0.25) is 9.59 Å². The molecule has 0 radical (unpaired) electrons. The van der Waals surface area contributed by atoms with Crippen LogP contribution in [-0.4, -0.2) is 22.2 Å². The van der Waals surface area contributed by atoms with Crippen LogP contribution >= 0.6 is 23.2 Å². The first-order valence-electron chi connectivity index (χ1n) is 5.88. The van der Waals surface area contributed by atoms with Crippen LogP contribution in [-0.2, 0) is 15.0 Å². The average Bonchev–Trinajstić information content (AvgIpc) is 2.43. The van der Waals surface area contributed by atoms with Gasteiger partial charge in [-0.05, 0) is 35.4 Å². The fourth-order valence-electron chi connectivity index (χ4n) is 2.15. The first-order valence-corrected chi connectivity index (χ1v) is 6.63. The van der Waals surface area contributed by atoms with Crippen LogP contribution in [0.5, 0.6) is 0 Å². The van der Waals surface area contributed by atoms with E-state index >= 15 is 0 Å². The summed E-state index contributed by atoms with van der Waals surface area (Å²) in [5.74, 6) is -2.97. The molecule has 6 heteroatoms. The third-order valence-electron chi connectivity index (χ3n) is 3.20. The molecule has 0 spiro atoms. The van der Waals surface area contributed by atoms with Gasteiger partial charge in [0, 0.05) is 10.0 Å². The highest BCUT2D eigenvalue weighted by Gasteiger charge is 2.50. The molecule has 0 aliphatic heterocycles. The van der Waals surface area contributed by atoms with Crippen molar-refractivity contribution in [3.05, 3.63) is 69.7 Å². The Morgan fingerprint density at radius 3 is 1.24 bits per heavy atom. The Hall–Kier alpha value is -2.04. The molecule has 0 heterocycles. The van der Waals surface area contributed by atoms with Gasteiger partial charge in [0.05, 0.1) is 0 Å². The molecular formula is C15H10Cl2O4. The fraction of sp³-hybridized carbons (Fsp3) is 0.0667. The molecule has 0 aliphatic carbocycles. The van der Waals surface area contributed by atoms with Crippen molar-refractivity contribution in [2.45, 2.75) is 5.41 Å². The van der Waals surface area contributed by atoms with Crippen molar-refractivity contribution in [3.63, 3.8) is 0 Å². The topological polar surface area (TPSA) is 74.6 Å². The van der Waals surface area contributed by atoms with Gasteiger partial charge < -0.3 is 10.2 Å². The highest BCUT2D eigenvalue weighted by Crippen LogP contribution is 2.34. The monoisotopic (exact) mass is 324 g/mol. The molecule has 21 heavy (non-hydrogen) atoms. The third-order valence-corrected chi connectivity index (χ3v) is 3.70. The molecule has 0 amide bonds. The summed E-state index contributed by atoms with van der Waals surface area (Å²) >= 11 is 11.6. The number of halogens is 2. The van der Waals surface area contributed by atoms with Gasteiger partial charge in [0.25, 0.3) is 0 Å². The number of benzene rings is 2. The van der Waals surface area contributed by atoms with E-state index < -0.39 is 17.4 Å². The summed E-state index contributed by atoms with van der Waals surface area (Å²) in [5, 5.41) is 20.0. The zero-order chi connectivity index (χ0) is 15.6. The predicted octanol–water partition coefficient (Wildman–Crippen LogP) is 3.45. The van der Waals surface area contributed by atoms with Crippen LogP contribution in [0.4, 0.5) is 0 Å². The Morgan fingerprint density at radius 1 is 0.714 bits per heavy atom. The second-order valence-electron chi connectivity index (χ2n) is 4.37. The van der Waals surface area contributed by atoms with Crippen LogP contribution in [0.2, 0.25) is 10.0 Å². The van der Waals surface area contributed by atoms with E-state index in [1.54, 1.807) is 0 Å². The molecule has 2 rings (SSSR count). The molecular weight excluding hydrogens is 315 g/mol. The van der Waals surface area contributed by atoms with Crippen molar-refractivity contribution >= 4 is 35.1 Å². The summed E-state index contributed by atoms with van der Waals surface area (Å²) in [5.41, 5.74) is -2.00. The molecule has 0 bridgehead atoms. The van der Waals surface area contributed by atoms with Crippen molar-refractivity contribution < 1.29 is 19.8 Å². The van der Waals surface area contributed by atoms with Gasteiger partial charge in [-0.2, -0.15) is 0 Å². The van der Waals surface area contributed by atoms with E-state index in [-0.39, 0.29) is 11.1 Å². The van der Waals surface area contributed by atoms with Crippen molar-refractivity contribution in [1.82, 2.24) is 0 Å². The summed E-state index contributed by atoms with van der Waals surface area (Å²) in [6.45, 7) is 0. The number of hydrogen-bond acceptors (Lipinski definition) is 2. The van der Waals surface area contributed by atoms with Crippen molar-refractivity contribution in [2.75, 3.05) is 0 Å². The molecule has 4 nitrogen and oxygen atoms in total. The Balaban J connectivity index is 2.75. The standard InChI is InChI=1S/C15H10Cl2O4/c16-11-5-1-9(2-6-11)15(13(18)19,14(20)21)10-3-7-12(17)8-4-10/h1-8H,(H,18,19)(H,20,21). The Labute approximate surface area is 130 Å². The minimum absolute atomic E-state index is 0.106. The van der Waals surface area contributed by atoms with Crippen LogP contribution in [0.3, 0.4) is 0 Å². The van der Waals surface area contributed by atoms with E-state index in [1.807, 2.05) is 0 Å². The SMILES string of the molecule is O=C(O)C(C(=O)O)(c1ccc(Cl)cc1)c1ccc(Cl)cc1. The van der Waals surface area contributed by atoms with E-state index in [0.29, 0.717) is 10.0 Å². The molecule has 0 aliphatic rings. The number of rotatable bonds is 4. The normalized spacial score (nSPS) is 11.1. The maximum absolute atomic E-state index is 11.8. The molecule has 0 atom stereocenters. The lowest BCUT2D eigenvalue weighted by Crippen LogP contribution is -2.44. The van der Waals surface area contributed by atoms with E-state index in [4.69, 9.17) is 23.2 Å². The summed E-state index contributed by atoms with van der Waals surface area (Å²) in [6.07, 6.45) is 0. The number of hydrogen-bond donors (Lipinski definition) is 2. The molecule has 2 aromatic rings. The van der Waals surface area contributed by atoms with Gasteiger partial charge in [-0.15, -0.1) is 0 Å². The van der Waals surface area contributed by atoms with Crippen molar-refractivity contribution in [2.24, 2.45) is 0 Å². The van der Waals surface area contributed by atoms with E-state index in [0.717, 1.165) is 0 Å². The van der Waals surface area contributed by atoms with Gasteiger partial charge in [0.15, 0.2) is 0 Å². The quantitative estimate of drug-likeness (QED) is 0.845. The lowest BCUT2D eigenvalue weighted by molar-refractivity contribution is -0.155. The molecule has 0 saturated heterocycles. The molecule has 2 N–H and O–H groups in total. The molecule has 0 fully saturated rings. The van der Waals surface area contributed by atoms with E-state index in [9.17, 15) is 19.8 Å². The number of carboxylic acid groups (broad SMARTS) is 2. The summed E-state index contributed by atoms with van der Waals surface area (Å²) < 4.78 is 0. The minimum Gasteiger partial charge on any atom is -0.480 e. The van der Waals surface area contributed by atoms with Crippen molar-refractivity contribution in [3.8, 4) is 0 Å². The smallest absolute Gasteiger partial charge is 0.330 e. The van der Waals surface area contributed by atoms with Gasteiger partial charge >= 0.3 is 11.9 Å². The first kappa shape index (κ1) is 15.4. The summed E-state index contributed by atoms with van der Waals surface area (Å²) in [4.78, 5) is 23.6. The largest absolute Gasteiger partial charge is 0.480 e. The third kappa shape index (κ3) is 2.60. The zero-order valence-corrected chi connectivity index (χ0v) is 12.1. The lowest BCUT2D eigenvalue weighted by atomic mass is 9.74. The Kier molecular flexibility index (Phi) is 4.21. The molecule has 0 unspecified atom stereocenters. The number of aliphatic carboxylic acids is 2. The molecule has 108 valence electrons. The van der Waals surface area contributed by atoms with Gasteiger partial charge in [-0.1, -0.05) is 47.5 Å². The highest BCUT2D eigenvalue weighted by molar-refractivity contribution is 6.31. The van der Waals surface area contributed by atoms with Gasteiger partial charge in [0.2, 0.25) is 5.41 Å². The van der Waals surface area contributed by atoms with Crippen LogP contribution in [0.15, 0.2) is 48.5 Å². The van der Waals surface area contributed by atoms with Crippen molar-refractivity contribution in [1.29, 1.82) is 0 Å². The molecule has 0 saturated carbocycles. The number of carboxylic acids is 2.